The molecule has 198 valence electrons. The molecule has 38 heavy (non-hydrogen) atoms. The summed E-state index contributed by atoms with van der Waals surface area (Å²) in [4.78, 5) is 22.1. The highest BCUT2D eigenvalue weighted by Gasteiger charge is 2.34. The van der Waals surface area contributed by atoms with Gasteiger partial charge in [0, 0.05) is 42.7 Å². The standard InChI is InChI=1S/C30H32FN3O4/c1-19-15-34(20(2)18-35)30(36)25-12-23(27-13-22-6-4-5-7-26(22)37-27)14-32-29(25)38-28(19)17-33(3)16-21-8-10-24(31)11-9-21/h4-14,19-20,28,35H,15-18H2,1-3H3/t19-,20+,28-/m0/s1. The highest BCUT2D eigenvalue weighted by molar-refractivity contribution is 5.98. The molecule has 3 atom stereocenters. The van der Waals surface area contributed by atoms with Crippen molar-refractivity contribution in [2.24, 2.45) is 5.92 Å². The zero-order chi connectivity index (χ0) is 26.8. The van der Waals surface area contributed by atoms with Crippen LogP contribution in [-0.4, -0.2) is 64.7 Å². The van der Waals surface area contributed by atoms with Gasteiger partial charge in [0.05, 0.1) is 12.6 Å². The van der Waals surface area contributed by atoms with Crippen LogP contribution in [0.3, 0.4) is 0 Å². The van der Waals surface area contributed by atoms with Gasteiger partial charge in [-0.05, 0) is 49.9 Å². The minimum absolute atomic E-state index is 0.0337. The molecule has 1 aliphatic heterocycles. The summed E-state index contributed by atoms with van der Waals surface area (Å²) in [5.74, 6) is 0.338. The summed E-state index contributed by atoms with van der Waals surface area (Å²) < 4.78 is 25.7. The Hall–Kier alpha value is -3.75. The summed E-state index contributed by atoms with van der Waals surface area (Å²) >= 11 is 0. The highest BCUT2D eigenvalue weighted by atomic mass is 19.1. The monoisotopic (exact) mass is 517 g/mol. The van der Waals surface area contributed by atoms with Crippen LogP contribution in [0.15, 0.2) is 71.3 Å². The molecule has 0 aliphatic carbocycles. The number of pyridine rings is 1. The van der Waals surface area contributed by atoms with Gasteiger partial charge in [0.25, 0.3) is 5.91 Å². The molecule has 0 fully saturated rings. The van der Waals surface area contributed by atoms with E-state index in [0.717, 1.165) is 16.5 Å². The quantitative estimate of drug-likeness (QED) is 0.372. The van der Waals surface area contributed by atoms with Gasteiger partial charge in [-0.3, -0.25) is 9.69 Å². The maximum absolute atomic E-state index is 13.7. The Morgan fingerprint density at radius 2 is 1.95 bits per heavy atom. The maximum atomic E-state index is 13.7. The van der Waals surface area contributed by atoms with E-state index in [9.17, 15) is 14.3 Å². The average molecular weight is 518 g/mol. The first-order valence-electron chi connectivity index (χ1n) is 12.8. The lowest BCUT2D eigenvalue weighted by Crippen LogP contribution is -2.49. The second kappa shape index (κ2) is 10.9. The van der Waals surface area contributed by atoms with Gasteiger partial charge in [0.1, 0.15) is 28.8 Å². The van der Waals surface area contributed by atoms with Crippen molar-refractivity contribution >= 4 is 16.9 Å². The number of likely N-dealkylation sites (N-methyl/N-ethyl adjacent to an activating group) is 1. The number of amides is 1. The van der Waals surface area contributed by atoms with E-state index in [-0.39, 0.29) is 42.3 Å². The lowest BCUT2D eigenvalue weighted by atomic mass is 9.99. The van der Waals surface area contributed by atoms with Crippen LogP contribution in [0.1, 0.15) is 29.8 Å². The Bertz CT molecular complexity index is 1390. The van der Waals surface area contributed by atoms with Crippen molar-refractivity contribution in [3.8, 4) is 17.2 Å². The summed E-state index contributed by atoms with van der Waals surface area (Å²) in [6.45, 7) is 5.33. The molecule has 3 heterocycles. The molecular weight excluding hydrogens is 485 g/mol. The van der Waals surface area contributed by atoms with Crippen molar-refractivity contribution in [2.75, 3.05) is 26.7 Å². The van der Waals surface area contributed by atoms with Gasteiger partial charge in [-0.1, -0.05) is 37.3 Å². The number of benzene rings is 2. The Balaban J connectivity index is 1.46. The van der Waals surface area contributed by atoms with Crippen molar-refractivity contribution < 1.29 is 23.4 Å². The lowest BCUT2D eigenvalue weighted by Gasteiger charge is -2.37. The predicted octanol–water partition coefficient (Wildman–Crippen LogP) is 4.99. The molecular formula is C30H32FN3O4. The fourth-order valence-corrected chi connectivity index (χ4v) is 4.85. The molecule has 8 heteroatoms. The topological polar surface area (TPSA) is 79.0 Å². The molecule has 2 aromatic carbocycles. The third-order valence-electron chi connectivity index (χ3n) is 7.09. The molecule has 2 aromatic heterocycles. The van der Waals surface area contributed by atoms with Crippen LogP contribution in [-0.2, 0) is 6.54 Å². The summed E-state index contributed by atoms with van der Waals surface area (Å²) in [6, 6.07) is 17.5. The molecule has 0 spiro atoms. The van der Waals surface area contributed by atoms with Crippen LogP contribution < -0.4 is 4.74 Å². The van der Waals surface area contributed by atoms with Crippen molar-refractivity contribution in [2.45, 2.75) is 32.5 Å². The van der Waals surface area contributed by atoms with Gasteiger partial charge in [0.15, 0.2) is 0 Å². The van der Waals surface area contributed by atoms with E-state index in [0.29, 0.717) is 36.5 Å². The number of aromatic nitrogens is 1. The Morgan fingerprint density at radius 3 is 2.68 bits per heavy atom. The van der Waals surface area contributed by atoms with Crippen molar-refractivity contribution in [1.82, 2.24) is 14.8 Å². The number of aliphatic hydroxyl groups excluding tert-OH is 1. The largest absolute Gasteiger partial charge is 0.472 e. The maximum Gasteiger partial charge on any atom is 0.259 e. The van der Waals surface area contributed by atoms with Gasteiger partial charge in [-0.2, -0.15) is 0 Å². The minimum atomic E-state index is -0.372. The number of hydrogen-bond donors (Lipinski definition) is 1. The van der Waals surface area contributed by atoms with Crippen LogP contribution >= 0.6 is 0 Å². The van der Waals surface area contributed by atoms with Crippen LogP contribution in [0.5, 0.6) is 5.88 Å². The Kier molecular flexibility index (Phi) is 7.44. The van der Waals surface area contributed by atoms with E-state index >= 15 is 0 Å². The SMILES string of the molecule is C[C@H](CO)N1C[C@H](C)[C@H](CN(C)Cc2ccc(F)cc2)Oc2ncc(-c3cc4ccccc4o3)cc2C1=O. The first-order valence-corrected chi connectivity index (χ1v) is 12.8. The molecule has 7 nitrogen and oxygen atoms in total. The smallest absolute Gasteiger partial charge is 0.259 e. The van der Waals surface area contributed by atoms with Gasteiger partial charge >= 0.3 is 0 Å². The fourth-order valence-electron chi connectivity index (χ4n) is 4.85. The van der Waals surface area contributed by atoms with Crippen LogP contribution in [0.4, 0.5) is 4.39 Å². The number of carbonyl (C=O) groups excluding carboxylic acids is 1. The third-order valence-corrected chi connectivity index (χ3v) is 7.09. The van der Waals surface area contributed by atoms with Crippen molar-refractivity contribution in [1.29, 1.82) is 0 Å². The molecule has 0 unspecified atom stereocenters. The van der Waals surface area contributed by atoms with Gasteiger partial charge < -0.3 is 19.2 Å². The summed E-state index contributed by atoms with van der Waals surface area (Å²) in [7, 11) is 1.98. The van der Waals surface area contributed by atoms with E-state index in [1.165, 1.54) is 12.1 Å². The van der Waals surface area contributed by atoms with E-state index < -0.39 is 0 Å². The highest BCUT2D eigenvalue weighted by Crippen LogP contribution is 2.33. The van der Waals surface area contributed by atoms with E-state index in [4.69, 9.17) is 9.15 Å². The van der Waals surface area contributed by atoms with Gasteiger partial charge in [-0.25, -0.2) is 9.37 Å². The second-order valence-corrected chi connectivity index (χ2v) is 10.2. The summed E-state index contributed by atoms with van der Waals surface area (Å²) in [6.07, 6.45) is 1.39. The number of rotatable bonds is 7. The van der Waals surface area contributed by atoms with E-state index in [2.05, 4.69) is 9.88 Å². The number of carbonyl (C=O) groups is 1. The number of ether oxygens (including phenoxy) is 1. The molecule has 0 saturated heterocycles. The zero-order valence-electron chi connectivity index (χ0n) is 21.8. The van der Waals surface area contributed by atoms with Crippen LogP contribution in [0.25, 0.3) is 22.3 Å². The molecule has 1 aliphatic rings. The Morgan fingerprint density at radius 1 is 1.18 bits per heavy atom. The molecule has 5 rings (SSSR count). The van der Waals surface area contributed by atoms with Gasteiger partial charge in [-0.15, -0.1) is 0 Å². The predicted molar refractivity (Wildman–Crippen MR) is 143 cm³/mol. The average Bonchev–Trinajstić information content (AvgIpc) is 3.36. The summed E-state index contributed by atoms with van der Waals surface area (Å²) in [5.41, 5.74) is 2.76. The molecule has 0 bridgehead atoms. The Labute approximate surface area is 221 Å². The van der Waals surface area contributed by atoms with E-state index in [1.54, 1.807) is 29.3 Å². The van der Waals surface area contributed by atoms with Crippen molar-refractivity contribution in [3.63, 3.8) is 0 Å². The lowest BCUT2D eigenvalue weighted by molar-refractivity contribution is 0.0325. The number of furan rings is 1. The first kappa shape index (κ1) is 25.9. The minimum Gasteiger partial charge on any atom is -0.472 e. The summed E-state index contributed by atoms with van der Waals surface area (Å²) in [5, 5.41) is 10.9. The van der Waals surface area contributed by atoms with E-state index in [1.807, 2.05) is 51.2 Å². The number of aliphatic hydroxyl groups is 1. The van der Waals surface area contributed by atoms with Crippen LogP contribution in [0, 0.1) is 11.7 Å². The fraction of sp³-hybridized carbons (Fsp3) is 0.333. The zero-order valence-corrected chi connectivity index (χ0v) is 21.8. The molecule has 0 radical (unpaired) electrons. The van der Waals surface area contributed by atoms with Crippen LogP contribution in [0.2, 0.25) is 0 Å². The second-order valence-electron chi connectivity index (χ2n) is 10.2. The molecule has 4 aromatic rings. The van der Waals surface area contributed by atoms with Gasteiger partial charge in [0.2, 0.25) is 5.88 Å². The number of halogens is 1. The third kappa shape index (κ3) is 5.42. The van der Waals surface area contributed by atoms with Crippen molar-refractivity contribution in [3.05, 3.63) is 83.8 Å². The molecule has 1 N–H and O–H groups in total. The number of fused-ring (bicyclic) bond motifs is 2. The first-order chi connectivity index (χ1) is 18.3. The molecule has 1 amide bonds. The normalized spacial score (nSPS) is 18.7. The number of nitrogens with zero attached hydrogens (tertiary/aromatic N) is 3. The molecule has 0 saturated carbocycles. The number of hydrogen-bond acceptors (Lipinski definition) is 6. The number of para-hydroxylation sites is 1.